The quantitative estimate of drug-likeness (QED) is 0.666. The second-order valence-electron chi connectivity index (χ2n) is 4.70. The highest BCUT2D eigenvalue weighted by Crippen LogP contribution is 2.13. The smallest absolute Gasteiger partial charge is 0.303 e. The van der Waals surface area contributed by atoms with E-state index < -0.39 is 21.7 Å². The molecule has 1 aromatic rings. The third kappa shape index (κ3) is 6.44. The van der Waals surface area contributed by atoms with E-state index in [1.165, 1.54) is 12.1 Å². The molecule has 0 aromatic carbocycles. The summed E-state index contributed by atoms with van der Waals surface area (Å²) in [7, 11) is -3.45. The molecule has 0 radical (unpaired) electrons. The first kappa shape index (κ1) is 17.2. The van der Waals surface area contributed by atoms with Gasteiger partial charge in [-0.15, -0.1) is 0 Å². The molecule has 0 atom stereocenters. The van der Waals surface area contributed by atoms with Crippen LogP contribution in [0.2, 0.25) is 0 Å². The number of carbonyl (C=O) groups is 2. The normalized spacial score (nSPS) is 11.3. The summed E-state index contributed by atoms with van der Waals surface area (Å²) < 4.78 is 27.4. The summed E-state index contributed by atoms with van der Waals surface area (Å²) in [5.74, 6) is -1.31. The number of carbonyl (C=O) groups excluding carboxylic acids is 1. The minimum absolute atomic E-state index is 0.0405. The molecule has 1 heterocycles. The molecule has 0 aliphatic heterocycles. The number of nitrogens with one attached hydrogen (secondary N) is 1. The molecule has 7 nitrogen and oxygen atoms in total. The Morgan fingerprint density at radius 2 is 1.86 bits per heavy atom. The van der Waals surface area contributed by atoms with Crippen LogP contribution in [-0.4, -0.2) is 38.2 Å². The molecule has 0 aliphatic rings. The van der Waals surface area contributed by atoms with Crippen molar-refractivity contribution in [1.29, 1.82) is 0 Å². The van der Waals surface area contributed by atoms with E-state index in [0.29, 0.717) is 13.0 Å². The number of hydrogen-bond acceptors (Lipinski definition) is 5. The number of unbranched alkanes of at least 4 members (excludes halogenated alkanes) is 3. The Hall–Kier alpha value is -1.83. The van der Waals surface area contributed by atoms with Crippen molar-refractivity contribution in [2.24, 2.45) is 0 Å². The van der Waals surface area contributed by atoms with Crippen LogP contribution in [0.15, 0.2) is 21.6 Å². The van der Waals surface area contributed by atoms with Crippen molar-refractivity contribution >= 4 is 21.7 Å². The van der Waals surface area contributed by atoms with Gasteiger partial charge in [-0.1, -0.05) is 12.8 Å². The van der Waals surface area contributed by atoms with Gasteiger partial charge in [-0.2, -0.15) is 0 Å². The van der Waals surface area contributed by atoms with Gasteiger partial charge in [0.15, 0.2) is 5.76 Å². The monoisotopic (exact) mass is 317 g/mol. The molecular weight excluding hydrogens is 298 g/mol. The van der Waals surface area contributed by atoms with E-state index in [-0.39, 0.29) is 17.3 Å². The van der Waals surface area contributed by atoms with Gasteiger partial charge in [0, 0.05) is 19.2 Å². The van der Waals surface area contributed by atoms with Crippen LogP contribution in [0.25, 0.3) is 0 Å². The van der Waals surface area contributed by atoms with Crippen molar-refractivity contribution in [3.63, 3.8) is 0 Å². The maximum absolute atomic E-state index is 11.7. The van der Waals surface area contributed by atoms with Gasteiger partial charge in [-0.05, 0) is 25.0 Å². The average molecular weight is 317 g/mol. The summed E-state index contributed by atoms with van der Waals surface area (Å²) in [6.45, 7) is 0.431. The molecule has 0 unspecified atom stereocenters. The van der Waals surface area contributed by atoms with Crippen molar-refractivity contribution in [2.75, 3.05) is 12.8 Å². The Morgan fingerprint density at radius 1 is 1.19 bits per heavy atom. The van der Waals surface area contributed by atoms with E-state index in [4.69, 9.17) is 9.52 Å². The maximum atomic E-state index is 11.7. The number of carboxylic acids is 1. The van der Waals surface area contributed by atoms with Gasteiger partial charge in [-0.3, -0.25) is 9.59 Å². The maximum Gasteiger partial charge on any atom is 0.303 e. The summed E-state index contributed by atoms with van der Waals surface area (Å²) in [5.41, 5.74) is 0. The average Bonchev–Trinajstić information content (AvgIpc) is 2.86. The van der Waals surface area contributed by atoms with E-state index in [2.05, 4.69) is 5.32 Å². The fraction of sp³-hybridized carbons (Fsp3) is 0.538. The Bertz CT molecular complexity index is 590. The summed E-state index contributed by atoms with van der Waals surface area (Å²) >= 11 is 0. The van der Waals surface area contributed by atoms with Crippen molar-refractivity contribution in [2.45, 2.75) is 37.2 Å². The second-order valence-corrected chi connectivity index (χ2v) is 6.65. The third-order valence-corrected chi connectivity index (χ3v) is 3.72. The molecule has 2 N–H and O–H groups in total. The Morgan fingerprint density at radius 3 is 2.43 bits per heavy atom. The Kier molecular flexibility index (Phi) is 6.41. The highest BCUT2D eigenvalue weighted by atomic mass is 32.2. The zero-order chi connectivity index (χ0) is 15.9. The molecule has 21 heavy (non-hydrogen) atoms. The molecule has 0 saturated carbocycles. The molecule has 1 rings (SSSR count). The summed E-state index contributed by atoms with van der Waals surface area (Å²) in [6, 6.07) is 2.56. The van der Waals surface area contributed by atoms with Crippen molar-refractivity contribution in [1.82, 2.24) is 5.32 Å². The van der Waals surface area contributed by atoms with E-state index in [0.717, 1.165) is 25.5 Å². The third-order valence-electron chi connectivity index (χ3n) is 2.77. The minimum Gasteiger partial charge on any atom is -0.481 e. The molecule has 8 heteroatoms. The highest BCUT2D eigenvalue weighted by Gasteiger charge is 2.16. The molecule has 0 bridgehead atoms. The molecule has 0 fully saturated rings. The van der Waals surface area contributed by atoms with E-state index in [1.54, 1.807) is 0 Å². The Balaban J connectivity index is 2.25. The zero-order valence-corrected chi connectivity index (χ0v) is 12.6. The fourth-order valence-corrected chi connectivity index (χ4v) is 2.24. The predicted octanol–water partition coefficient (Wildman–Crippen LogP) is 1.45. The minimum atomic E-state index is -3.45. The molecular formula is C13H19NO6S. The van der Waals surface area contributed by atoms with Gasteiger partial charge in [0.05, 0.1) is 0 Å². The zero-order valence-electron chi connectivity index (χ0n) is 11.8. The largest absolute Gasteiger partial charge is 0.481 e. The molecule has 0 spiro atoms. The number of hydrogen-bond donors (Lipinski definition) is 2. The van der Waals surface area contributed by atoms with Crippen LogP contribution in [0.1, 0.15) is 42.7 Å². The SMILES string of the molecule is CS(=O)(=O)c1ccc(C(=O)NCCCCCCC(=O)O)o1. The van der Waals surface area contributed by atoms with Crippen molar-refractivity contribution < 1.29 is 27.5 Å². The topological polar surface area (TPSA) is 114 Å². The summed E-state index contributed by atoms with van der Waals surface area (Å²) in [6.07, 6.45) is 4.13. The first-order valence-corrected chi connectivity index (χ1v) is 8.50. The standard InChI is InChI=1S/C13H19NO6S/c1-21(18,19)12-8-7-10(20-12)13(17)14-9-5-3-2-4-6-11(15)16/h7-8H,2-6,9H2,1H3,(H,14,17)(H,15,16). The van der Waals surface area contributed by atoms with Crippen LogP contribution in [0.4, 0.5) is 0 Å². The van der Waals surface area contributed by atoms with Crippen LogP contribution in [0, 0.1) is 0 Å². The lowest BCUT2D eigenvalue weighted by Crippen LogP contribution is -2.23. The number of aliphatic carboxylic acids is 1. The highest BCUT2D eigenvalue weighted by molar-refractivity contribution is 7.90. The molecule has 118 valence electrons. The van der Waals surface area contributed by atoms with Crippen LogP contribution in [-0.2, 0) is 14.6 Å². The van der Waals surface area contributed by atoms with Crippen molar-refractivity contribution in [3.05, 3.63) is 17.9 Å². The lowest BCUT2D eigenvalue weighted by Gasteiger charge is -2.03. The predicted molar refractivity (Wildman–Crippen MR) is 74.9 cm³/mol. The van der Waals surface area contributed by atoms with E-state index >= 15 is 0 Å². The van der Waals surface area contributed by atoms with E-state index in [1.807, 2.05) is 0 Å². The number of amides is 1. The van der Waals surface area contributed by atoms with Gasteiger partial charge >= 0.3 is 5.97 Å². The number of furan rings is 1. The van der Waals surface area contributed by atoms with E-state index in [9.17, 15) is 18.0 Å². The molecule has 1 amide bonds. The van der Waals surface area contributed by atoms with Crippen LogP contribution in [0.5, 0.6) is 0 Å². The van der Waals surface area contributed by atoms with Crippen LogP contribution in [0.3, 0.4) is 0 Å². The number of sulfone groups is 1. The number of carboxylic acid groups (broad SMARTS) is 1. The van der Waals surface area contributed by atoms with Gasteiger partial charge in [0.2, 0.25) is 14.9 Å². The van der Waals surface area contributed by atoms with Gasteiger partial charge in [0.25, 0.3) is 5.91 Å². The molecule has 1 aromatic heterocycles. The molecule has 0 aliphatic carbocycles. The van der Waals surface area contributed by atoms with Gasteiger partial charge in [-0.25, -0.2) is 8.42 Å². The lowest BCUT2D eigenvalue weighted by molar-refractivity contribution is -0.137. The Labute approximate surface area is 123 Å². The molecule has 0 saturated heterocycles. The fourth-order valence-electron chi connectivity index (χ4n) is 1.69. The second kappa shape index (κ2) is 7.82. The van der Waals surface area contributed by atoms with Crippen molar-refractivity contribution in [3.8, 4) is 0 Å². The number of rotatable bonds is 9. The van der Waals surface area contributed by atoms with Crippen LogP contribution >= 0.6 is 0 Å². The first-order valence-electron chi connectivity index (χ1n) is 6.60. The van der Waals surface area contributed by atoms with Gasteiger partial charge < -0.3 is 14.8 Å². The van der Waals surface area contributed by atoms with Gasteiger partial charge in [0.1, 0.15) is 0 Å². The van der Waals surface area contributed by atoms with Crippen LogP contribution < -0.4 is 5.32 Å². The summed E-state index contributed by atoms with van der Waals surface area (Å²) in [4.78, 5) is 22.0. The first-order chi connectivity index (χ1) is 9.80. The lowest BCUT2D eigenvalue weighted by atomic mass is 10.1. The summed E-state index contributed by atoms with van der Waals surface area (Å²) in [5, 5.41) is 10.8.